The molecule has 1 saturated heterocycles. The van der Waals surface area contributed by atoms with E-state index in [0.717, 1.165) is 15.6 Å². The summed E-state index contributed by atoms with van der Waals surface area (Å²) < 4.78 is 0.886. The maximum Gasteiger partial charge on any atom is 0.237 e. The van der Waals surface area contributed by atoms with Gasteiger partial charge in [-0.1, -0.05) is 45.7 Å². The van der Waals surface area contributed by atoms with Gasteiger partial charge in [0, 0.05) is 15.9 Å². The molecule has 3 rings (SSSR count). The Morgan fingerprint density at radius 1 is 1.17 bits per heavy atom. The normalized spacial score (nSPS) is 17.9. The molecule has 0 saturated carbocycles. The van der Waals surface area contributed by atoms with Crippen LogP contribution in [0.2, 0.25) is 5.02 Å². The molecule has 3 nitrogen and oxygen atoms in total. The van der Waals surface area contributed by atoms with Crippen molar-refractivity contribution in [2.75, 3.05) is 4.90 Å². The van der Waals surface area contributed by atoms with Crippen molar-refractivity contribution in [1.29, 1.82) is 0 Å². The van der Waals surface area contributed by atoms with E-state index in [4.69, 9.17) is 11.6 Å². The molecule has 1 atom stereocenters. The highest BCUT2D eigenvalue weighted by molar-refractivity contribution is 9.10. The molecule has 5 heteroatoms. The van der Waals surface area contributed by atoms with Gasteiger partial charge in [0.1, 0.15) is 0 Å². The second kappa shape index (κ2) is 6.46. The first-order valence-corrected chi connectivity index (χ1v) is 8.50. The molecule has 1 fully saturated rings. The summed E-state index contributed by atoms with van der Waals surface area (Å²) in [7, 11) is 0. The van der Waals surface area contributed by atoms with Gasteiger partial charge in [-0.05, 0) is 48.7 Å². The highest BCUT2D eigenvalue weighted by Crippen LogP contribution is 2.31. The van der Waals surface area contributed by atoms with Crippen molar-refractivity contribution in [3.05, 3.63) is 63.1 Å². The Bertz CT molecular complexity index is 773. The fraction of sp³-hybridized carbons (Fsp3) is 0.222. The van der Waals surface area contributed by atoms with E-state index in [1.54, 1.807) is 18.2 Å². The fourth-order valence-electron chi connectivity index (χ4n) is 2.75. The molecule has 1 aliphatic heterocycles. The van der Waals surface area contributed by atoms with E-state index in [-0.39, 0.29) is 24.2 Å². The SMILES string of the molecule is Cc1ccc(N2C(=O)C[C@@H](Cc3ccc(Cl)cc3)C2=O)cc1Br. The molecule has 23 heavy (non-hydrogen) atoms. The third-order valence-electron chi connectivity index (χ3n) is 4.05. The second-order valence-corrected chi connectivity index (χ2v) is 7.02. The van der Waals surface area contributed by atoms with Crippen LogP contribution in [0.25, 0.3) is 0 Å². The zero-order chi connectivity index (χ0) is 16.6. The molecule has 0 aliphatic carbocycles. The van der Waals surface area contributed by atoms with Crippen molar-refractivity contribution < 1.29 is 9.59 Å². The minimum Gasteiger partial charge on any atom is -0.274 e. The van der Waals surface area contributed by atoms with Gasteiger partial charge in [0.25, 0.3) is 0 Å². The fourth-order valence-corrected chi connectivity index (χ4v) is 3.24. The predicted octanol–water partition coefficient (Wildman–Crippen LogP) is 4.53. The lowest BCUT2D eigenvalue weighted by Crippen LogP contribution is -2.30. The first-order valence-electron chi connectivity index (χ1n) is 7.33. The lowest BCUT2D eigenvalue weighted by molar-refractivity contribution is -0.122. The predicted molar refractivity (Wildman–Crippen MR) is 94.6 cm³/mol. The molecule has 0 N–H and O–H groups in total. The number of benzene rings is 2. The van der Waals surface area contributed by atoms with E-state index in [2.05, 4.69) is 15.9 Å². The zero-order valence-corrected chi connectivity index (χ0v) is 14.9. The van der Waals surface area contributed by atoms with Gasteiger partial charge >= 0.3 is 0 Å². The molecular formula is C18H15BrClNO2. The Labute approximate surface area is 148 Å². The van der Waals surface area contributed by atoms with Crippen molar-refractivity contribution in [1.82, 2.24) is 0 Å². The Balaban J connectivity index is 1.82. The number of rotatable bonds is 3. The van der Waals surface area contributed by atoms with Crippen LogP contribution in [-0.4, -0.2) is 11.8 Å². The topological polar surface area (TPSA) is 37.4 Å². The van der Waals surface area contributed by atoms with E-state index in [9.17, 15) is 9.59 Å². The van der Waals surface area contributed by atoms with Crippen LogP contribution >= 0.6 is 27.5 Å². The van der Waals surface area contributed by atoms with E-state index in [1.807, 2.05) is 31.2 Å². The molecule has 1 aliphatic rings. The summed E-state index contributed by atoms with van der Waals surface area (Å²) in [5.74, 6) is -0.603. The summed E-state index contributed by atoms with van der Waals surface area (Å²) in [5, 5.41) is 0.661. The molecule has 2 aromatic rings. The minimum absolute atomic E-state index is 0.138. The average Bonchev–Trinajstić information content (AvgIpc) is 2.79. The third kappa shape index (κ3) is 3.33. The standard InChI is InChI=1S/C18H15BrClNO2/c1-11-2-7-15(10-16(11)19)21-17(22)9-13(18(21)23)8-12-3-5-14(20)6-4-12/h2-7,10,13H,8-9H2,1H3/t13-/m1/s1. The van der Waals surface area contributed by atoms with Crippen LogP contribution in [0.15, 0.2) is 46.9 Å². The second-order valence-electron chi connectivity index (χ2n) is 5.73. The number of aryl methyl sites for hydroxylation is 1. The van der Waals surface area contributed by atoms with Crippen LogP contribution in [-0.2, 0) is 16.0 Å². The maximum atomic E-state index is 12.6. The van der Waals surface area contributed by atoms with E-state index in [1.165, 1.54) is 4.90 Å². The van der Waals surface area contributed by atoms with Crippen LogP contribution in [0.4, 0.5) is 5.69 Å². The van der Waals surface area contributed by atoms with Gasteiger partial charge in [-0.25, -0.2) is 0 Å². The number of carbonyl (C=O) groups is 2. The van der Waals surface area contributed by atoms with Crippen LogP contribution in [0, 0.1) is 12.8 Å². The van der Waals surface area contributed by atoms with Crippen molar-refractivity contribution in [2.24, 2.45) is 5.92 Å². The van der Waals surface area contributed by atoms with Crippen molar-refractivity contribution in [3.8, 4) is 0 Å². The monoisotopic (exact) mass is 391 g/mol. The van der Waals surface area contributed by atoms with Gasteiger partial charge in [0.15, 0.2) is 0 Å². The number of imide groups is 1. The molecule has 0 unspecified atom stereocenters. The molecule has 118 valence electrons. The van der Waals surface area contributed by atoms with Crippen LogP contribution in [0.5, 0.6) is 0 Å². The summed E-state index contributed by atoms with van der Waals surface area (Å²) in [6.07, 6.45) is 0.790. The van der Waals surface area contributed by atoms with E-state index >= 15 is 0 Å². The number of hydrogen-bond donors (Lipinski definition) is 0. The summed E-state index contributed by atoms with van der Waals surface area (Å²) in [6, 6.07) is 12.9. The largest absolute Gasteiger partial charge is 0.274 e. The van der Waals surface area contributed by atoms with E-state index < -0.39 is 0 Å². The maximum absolute atomic E-state index is 12.6. The highest BCUT2D eigenvalue weighted by atomic mass is 79.9. The average molecular weight is 393 g/mol. The molecule has 0 radical (unpaired) electrons. The number of anilines is 1. The molecule has 0 spiro atoms. The minimum atomic E-state index is -0.316. The quantitative estimate of drug-likeness (QED) is 0.720. The smallest absolute Gasteiger partial charge is 0.237 e. The van der Waals surface area contributed by atoms with Gasteiger partial charge in [-0.3, -0.25) is 14.5 Å². The van der Waals surface area contributed by atoms with E-state index in [0.29, 0.717) is 17.1 Å². The number of nitrogens with zero attached hydrogens (tertiary/aromatic N) is 1. The molecule has 0 bridgehead atoms. The number of carbonyl (C=O) groups excluding carboxylic acids is 2. The molecule has 1 heterocycles. The van der Waals surface area contributed by atoms with Crippen molar-refractivity contribution in [3.63, 3.8) is 0 Å². The van der Waals surface area contributed by atoms with Crippen molar-refractivity contribution in [2.45, 2.75) is 19.8 Å². The van der Waals surface area contributed by atoms with Crippen molar-refractivity contribution >= 4 is 45.0 Å². The zero-order valence-electron chi connectivity index (χ0n) is 12.6. The van der Waals surface area contributed by atoms with Crippen LogP contribution < -0.4 is 4.90 Å². The summed E-state index contributed by atoms with van der Waals surface area (Å²) in [4.78, 5) is 26.2. The Hall–Kier alpha value is -1.65. The number of hydrogen-bond acceptors (Lipinski definition) is 2. The third-order valence-corrected chi connectivity index (χ3v) is 5.16. The molecule has 2 aromatic carbocycles. The van der Waals surface area contributed by atoms with Gasteiger partial charge in [0.05, 0.1) is 11.6 Å². The highest BCUT2D eigenvalue weighted by Gasteiger charge is 2.39. The van der Waals surface area contributed by atoms with Gasteiger partial charge in [-0.15, -0.1) is 0 Å². The summed E-state index contributed by atoms with van der Waals surface area (Å²) >= 11 is 9.32. The lowest BCUT2D eigenvalue weighted by Gasteiger charge is -2.16. The van der Waals surface area contributed by atoms with Crippen LogP contribution in [0.3, 0.4) is 0 Å². The lowest BCUT2D eigenvalue weighted by atomic mass is 9.98. The van der Waals surface area contributed by atoms with Gasteiger partial charge in [-0.2, -0.15) is 0 Å². The Morgan fingerprint density at radius 2 is 1.87 bits per heavy atom. The summed E-state index contributed by atoms with van der Waals surface area (Å²) in [5.41, 5.74) is 2.69. The first kappa shape index (κ1) is 16.2. The molecular weight excluding hydrogens is 378 g/mol. The summed E-state index contributed by atoms with van der Waals surface area (Å²) in [6.45, 7) is 1.96. The molecule has 0 aromatic heterocycles. The van der Waals surface area contributed by atoms with Crippen LogP contribution in [0.1, 0.15) is 17.5 Å². The first-order chi connectivity index (χ1) is 11.0. The van der Waals surface area contributed by atoms with Gasteiger partial charge in [0.2, 0.25) is 11.8 Å². The Morgan fingerprint density at radius 3 is 2.52 bits per heavy atom. The Kier molecular flexibility index (Phi) is 4.55. The molecule has 2 amide bonds. The number of amides is 2. The van der Waals surface area contributed by atoms with Gasteiger partial charge < -0.3 is 0 Å². The number of halogens is 2.